The molecule has 0 radical (unpaired) electrons. The molecule has 6 nitrogen and oxygen atoms in total. The van der Waals surface area contributed by atoms with Crippen LogP contribution >= 0.6 is 0 Å². The summed E-state index contributed by atoms with van der Waals surface area (Å²) in [5, 5.41) is 9.12. The van der Waals surface area contributed by atoms with Crippen molar-refractivity contribution in [2.75, 3.05) is 5.75 Å². The fraction of sp³-hybridized carbons (Fsp3) is 0.538. The lowest BCUT2D eigenvalue weighted by Crippen LogP contribution is -2.49. The van der Waals surface area contributed by atoms with Crippen LogP contribution in [0.25, 0.3) is 0 Å². The van der Waals surface area contributed by atoms with Crippen LogP contribution in [0.2, 0.25) is 0 Å². The van der Waals surface area contributed by atoms with Gasteiger partial charge in [-0.1, -0.05) is 26.8 Å². The topological polar surface area (TPSA) is 96.4 Å². The second kappa shape index (κ2) is 6.32. The fourth-order valence-corrected chi connectivity index (χ4v) is 3.03. The van der Waals surface area contributed by atoms with E-state index in [1.54, 1.807) is 45.2 Å². The normalized spacial score (nSPS) is 13.9. The predicted octanol–water partition coefficient (Wildman–Crippen LogP) is 1.04. The molecular weight excluding hydrogens is 280 g/mol. The highest BCUT2D eigenvalue weighted by Crippen LogP contribution is 2.20. The molecule has 0 saturated heterocycles. The molecule has 0 aromatic carbocycles. The molecule has 0 spiro atoms. The molecule has 1 atom stereocenters. The van der Waals surface area contributed by atoms with Gasteiger partial charge in [0.25, 0.3) is 0 Å². The van der Waals surface area contributed by atoms with Gasteiger partial charge >= 0.3 is 5.97 Å². The summed E-state index contributed by atoms with van der Waals surface area (Å²) < 4.78 is 26.2. The Balaban J connectivity index is 2.72. The lowest BCUT2D eigenvalue weighted by Gasteiger charge is -2.27. The van der Waals surface area contributed by atoms with Crippen LogP contribution in [0.4, 0.5) is 0 Å². The summed E-state index contributed by atoms with van der Waals surface area (Å²) in [6, 6.07) is 4.10. The smallest absolute Gasteiger partial charge is 0.322 e. The Bertz CT molecular complexity index is 549. The van der Waals surface area contributed by atoms with Crippen LogP contribution in [0.1, 0.15) is 26.5 Å². The van der Waals surface area contributed by atoms with Gasteiger partial charge in [-0.2, -0.15) is 0 Å². The first-order valence-electron chi connectivity index (χ1n) is 6.24. The number of hydrogen-bond donors (Lipinski definition) is 2. The molecule has 20 heavy (non-hydrogen) atoms. The summed E-state index contributed by atoms with van der Waals surface area (Å²) in [5.74, 6) is -1.37. The van der Waals surface area contributed by atoms with Crippen molar-refractivity contribution in [3.05, 3.63) is 30.1 Å². The van der Waals surface area contributed by atoms with Gasteiger partial charge in [0.1, 0.15) is 6.04 Å². The van der Waals surface area contributed by atoms with Crippen molar-refractivity contribution in [3.63, 3.8) is 0 Å². The molecule has 112 valence electrons. The number of carboxylic acids is 1. The number of nitrogens with one attached hydrogen (secondary N) is 1. The fourth-order valence-electron chi connectivity index (χ4n) is 1.62. The van der Waals surface area contributed by atoms with E-state index in [0.29, 0.717) is 5.69 Å². The third-order valence-corrected chi connectivity index (χ3v) is 4.10. The first kappa shape index (κ1) is 16.6. The van der Waals surface area contributed by atoms with Crippen LogP contribution in [-0.2, 0) is 21.2 Å². The van der Waals surface area contributed by atoms with Crippen molar-refractivity contribution in [1.29, 1.82) is 0 Å². The summed E-state index contributed by atoms with van der Waals surface area (Å²) in [4.78, 5) is 15.2. The number of carboxylic acid groups (broad SMARTS) is 1. The van der Waals surface area contributed by atoms with E-state index in [1.807, 2.05) is 0 Å². The van der Waals surface area contributed by atoms with Gasteiger partial charge in [-0.25, -0.2) is 13.1 Å². The molecule has 1 aromatic heterocycles. The minimum absolute atomic E-state index is 0.191. The van der Waals surface area contributed by atoms with Crippen LogP contribution in [0.3, 0.4) is 0 Å². The highest BCUT2D eigenvalue weighted by molar-refractivity contribution is 7.89. The number of aliphatic carboxylic acids is 1. The van der Waals surface area contributed by atoms with Gasteiger partial charge in [0.05, 0.1) is 5.75 Å². The first-order valence-corrected chi connectivity index (χ1v) is 7.90. The van der Waals surface area contributed by atoms with Crippen LogP contribution in [-0.4, -0.2) is 36.3 Å². The highest BCUT2D eigenvalue weighted by atomic mass is 32.2. The lowest BCUT2D eigenvalue weighted by atomic mass is 9.88. The molecule has 1 heterocycles. The predicted molar refractivity (Wildman–Crippen MR) is 75.7 cm³/mol. The third kappa shape index (κ3) is 5.26. The molecule has 0 aliphatic heterocycles. The van der Waals surface area contributed by atoms with Crippen molar-refractivity contribution in [2.24, 2.45) is 5.41 Å². The van der Waals surface area contributed by atoms with Gasteiger partial charge in [-0.05, 0) is 17.5 Å². The van der Waals surface area contributed by atoms with E-state index >= 15 is 0 Å². The van der Waals surface area contributed by atoms with Gasteiger partial charge in [0, 0.05) is 18.3 Å². The van der Waals surface area contributed by atoms with Crippen LogP contribution < -0.4 is 4.72 Å². The molecule has 0 bridgehead atoms. The molecule has 2 N–H and O–H groups in total. The van der Waals surface area contributed by atoms with E-state index in [1.165, 1.54) is 0 Å². The van der Waals surface area contributed by atoms with Crippen LogP contribution in [0, 0.1) is 5.41 Å². The van der Waals surface area contributed by atoms with E-state index in [-0.39, 0.29) is 12.2 Å². The first-order chi connectivity index (χ1) is 9.12. The van der Waals surface area contributed by atoms with Crippen molar-refractivity contribution >= 4 is 16.0 Å². The maximum absolute atomic E-state index is 12.0. The van der Waals surface area contributed by atoms with E-state index in [0.717, 1.165) is 0 Å². The molecule has 1 aromatic rings. The van der Waals surface area contributed by atoms with Crippen molar-refractivity contribution in [3.8, 4) is 0 Å². The second-order valence-electron chi connectivity index (χ2n) is 5.65. The summed E-state index contributed by atoms with van der Waals surface area (Å²) in [6.45, 7) is 5.02. The van der Waals surface area contributed by atoms with Gasteiger partial charge in [-0.3, -0.25) is 9.78 Å². The maximum atomic E-state index is 12.0. The van der Waals surface area contributed by atoms with Crippen LogP contribution in [0.15, 0.2) is 24.4 Å². The molecule has 0 fully saturated rings. The lowest BCUT2D eigenvalue weighted by molar-refractivity contribution is -0.141. The zero-order chi connectivity index (χ0) is 15.4. The number of aromatic nitrogens is 1. The Morgan fingerprint density at radius 3 is 2.50 bits per heavy atom. The minimum Gasteiger partial charge on any atom is -0.480 e. The second-order valence-corrected chi connectivity index (χ2v) is 7.52. The number of aryl methyl sites for hydroxylation is 1. The van der Waals surface area contributed by atoms with E-state index < -0.39 is 27.4 Å². The number of carbonyl (C=O) groups is 1. The number of nitrogens with zero attached hydrogens (tertiary/aromatic N) is 1. The van der Waals surface area contributed by atoms with Crippen molar-refractivity contribution in [2.45, 2.75) is 33.2 Å². The standard InChI is InChI=1S/C13H20N2O4S/c1-13(2,3)11(12(16)17)15-20(18,19)9-7-10-6-4-5-8-14-10/h4-6,8,11,15H,7,9H2,1-3H3,(H,16,17). The molecule has 0 aliphatic rings. The Morgan fingerprint density at radius 2 is 2.05 bits per heavy atom. The highest BCUT2D eigenvalue weighted by Gasteiger charge is 2.34. The molecular formula is C13H20N2O4S. The SMILES string of the molecule is CC(C)(C)C(NS(=O)(=O)CCc1ccccn1)C(=O)O. The number of pyridine rings is 1. The summed E-state index contributed by atoms with van der Waals surface area (Å²) in [6.07, 6.45) is 1.83. The van der Waals surface area contributed by atoms with E-state index in [4.69, 9.17) is 5.11 Å². The molecule has 1 unspecified atom stereocenters. The molecule has 0 amide bonds. The van der Waals surface area contributed by atoms with Crippen molar-refractivity contribution < 1.29 is 18.3 Å². The van der Waals surface area contributed by atoms with Crippen LogP contribution in [0.5, 0.6) is 0 Å². The zero-order valence-electron chi connectivity index (χ0n) is 11.8. The number of rotatable bonds is 6. The quantitative estimate of drug-likeness (QED) is 0.818. The molecule has 1 rings (SSSR count). The Labute approximate surface area is 119 Å². The summed E-state index contributed by atoms with van der Waals surface area (Å²) in [5.41, 5.74) is -0.0512. The van der Waals surface area contributed by atoms with E-state index in [2.05, 4.69) is 9.71 Å². The summed E-state index contributed by atoms with van der Waals surface area (Å²) >= 11 is 0. The Hall–Kier alpha value is -1.47. The summed E-state index contributed by atoms with van der Waals surface area (Å²) in [7, 11) is -3.68. The molecule has 7 heteroatoms. The van der Waals surface area contributed by atoms with Crippen molar-refractivity contribution in [1.82, 2.24) is 9.71 Å². The maximum Gasteiger partial charge on any atom is 0.322 e. The largest absolute Gasteiger partial charge is 0.480 e. The van der Waals surface area contributed by atoms with Gasteiger partial charge < -0.3 is 5.11 Å². The van der Waals surface area contributed by atoms with Gasteiger partial charge in [0.2, 0.25) is 10.0 Å². The Morgan fingerprint density at radius 1 is 1.40 bits per heavy atom. The molecule has 0 saturated carbocycles. The number of sulfonamides is 1. The minimum atomic E-state index is -3.68. The monoisotopic (exact) mass is 300 g/mol. The average molecular weight is 300 g/mol. The van der Waals surface area contributed by atoms with E-state index in [9.17, 15) is 13.2 Å². The third-order valence-electron chi connectivity index (χ3n) is 2.76. The van der Waals surface area contributed by atoms with Gasteiger partial charge in [-0.15, -0.1) is 0 Å². The van der Waals surface area contributed by atoms with Gasteiger partial charge in [0.15, 0.2) is 0 Å². The number of hydrogen-bond acceptors (Lipinski definition) is 4. The molecule has 0 aliphatic carbocycles. The zero-order valence-corrected chi connectivity index (χ0v) is 12.6. The Kier molecular flexibility index (Phi) is 5.24. The average Bonchev–Trinajstić information content (AvgIpc) is 2.33.